The van der Waals surface area contributed by atoms with Gasteiger partial charge >= 0.3 is 5.97 Å². The number of rotatable bonds is 1. The number of nitrogens with zero attached hydrogens (tertiary/aromatic N) is 1. The quantitative estimate of drug-likeness (QED) is 0.582. The third kappa shape index (κ3) is 2.47. The molecule has 3 N–H and O–H groups in total. The minimum atomic E-state index is -1.04. The number of hydrogen-bond donors (Lipinski definition) is 2. The van der Waals surface area contributed by atoms with Crippen molar-refractivity contribution < 1.29 is 9.90 Å². The lowest BCUT2D eigenvalue weighted by molar-refractivity contribution is 0.0696. The molecule has 0 aliphatic carbocycles. The first kappa shape index (κ1) is 10.5. The Balaban J connectivity index is 3.14. The number of nitrogens with two attached hydrogens (primary N) is 1. The van der Waals surface area contributed by atoms with E-state index in [9.17, 15) is 4.79 Å². The number of hydrogen-bond acceptors (Lipinski definition) is 3. The van der Waals surface area contributed by atoms with Gasteiger partial charge in [-0.25, -0.2) is 9.78 Å². The molecular weight excluding hydrogens is 248 g/mol. The second-order valence-electron chi connectivity index (χ2n) is 2.40. The maximum Gasteiger partial charge on any atom is 0.337 e. The summed E-state index contributed by atoms with van der Waals surface area (Å²) in [5.74, 6) is 4.63. The van der Waals surface area contributed by atoms with E-state index in [-0.39, 0.29) is 11.4 Å². The molecule has 1 aromatic heterocycles. The SMILES string of the molecule is Nc1ncc(C(=O)O)cc1C#CCBr. The molecule has 0 spiro atoms. The third-order valence-electron chi connectivity index (χ3n) is 1.46. The minimum Gasteiger partial charge on any atom is -0.478 e. The Morgan fingerprint density at radius 3 is 3.00 bits per heavy atom. The van der Waals surface area contributed by atoms with Gasteiger partial charge in [-0.3, -0.25) is 0 Å². The molecule has 72 valence electrons. The smallest absolute Gasteiger partial charge is 0.337 e. The van der Waals surface area contributed by atoms with Gasteiger partial charge < -0.3 is 10.8 Å². The molecule has 1 aromatic rings. The minimum absolute atomic E-state index is 0.0815. The maximum atomic E-state index is 10.6. The Labute approximate surface area is 89.3 Å². The monoisotopic (exact) mass is 254 g/mol. The lowest BCUT2D eigenvalue weighted by atomic mass is 10.2. The lowest BCUT2D eigenvalue weighted by Crippen LogP contribution is -2.01. The third-order valence-corrected chi connectivity index (χ3v) is 1.74. The first-order chi connectivity index (χ1) is 6.65. The van der Waals surface area contributed by atoms with E-state index in [2.05, 4.69) is 32.8 Å². The van der Waals surface area contributed by atoms with E-state index in [0.717, 1.165) is 0 Å². The molecule has 0 bridgehead atoms. The fourth-order valence-electron chi connectivity index (χ4n) is 0.821. The summed E-state index contributed by atoms with van der Waals surface area (Å²) in [5, 5.41) is 9.19. The van der Waals surface area contributed by atoms with Crippen molar-refractivity contribution in [3.8, 4) is 11.8 Å². The molecule has 0 unspecified atom stereocenters. The van der Waals surface area contributed by atoms with Gasteiger partial charge in [0.1, 0.15) is 5.82 Å². The Bertz CT molecular complexity index is 421. The number of pyridine rings is 1. The van der Waals surface area contributed by atoms with E-state index in [1.807, 2.05) is 0 Å². The van der Waals surface area contributed by atoms with Crippen molar-refractivity contribution in [1.29, 1.82) is 0 Å². The zero-order valence-corrected chi connectivity index (χ0v) is 8.71. The highest BCUT2D eigenvalue weighted by Crippen LogP contribution is 2.09. The average molecular weight is 255 g/mol. The second kappa shape index (κ2) is 4.63. The van der Waals surface area contributed by atoms with E-state index in [1.54, 1.807) is 0 Å². The van der Waals surface area contributed by atoms with Crippen LogP contribution in [0.15, 0.2) is 12.3 Å². The number of aromatic nitrogens is 1. The fourth-order valence-corrected chi connectivity index (χ4v) is 0.961. The van der Waals surface area contributed by atoms with Gasteiger partial charge in [0.15, 0.2) is 0 Å². The molecule has 0 amide bonds. The van der Waals surface area contributed by atoms with Gasteiger partial charge in [-0.15, -0.1) is 0 Å². The molecule has 0 fully saturated rings. The molecule has 0 aliphatic heterocycles. The molecule has 0 aliphatic rings. The summed E-state index contributed by atoms with van der Waals surface area (Å²) in [4.78, 5) is 14.3. The second-order valence-corrected chi connectivity index (χ2v) is 2.96. The molecule has 1 heterocycles. The number of alkyl halides is 1. The van der Waals surface area contributed by atoms with Gasteiger partial charge in [0.05, 0.1) is 16.5 Å². The molecule has 0 aromatic carbocycles. The van der Waals surface area contributed by atoms with E-state index < -0.39 is 5.97 Å². The summed E-state index contributed by atoms with van der Waals surface area (Å²) in [7, 11) is 0. The van der Waals surface area contributed by atoms with E-state index in [1.165, 1.54) is 12.3 Å². The van der Waals surface area contributed by atoms with Crippen LogP contribution in [0.2, 0.25) is 0 Å². The van der Waals surface area contributed by atoms with Crippen molar-refractivity contribution in [2.45, 2.75) is 0 Å². The summed E-state index contributed by atoms with van der Waals surface area (Å²) in [6.07, 6.45) is 1.21. The van der Waals surface area contributed by atoms with Gasteiger partial charge in [0, 0.05) is 6.20 Å². The molecule has 0 saturated carbocycles. The average Bonchev–Trinajstić information content (AvgIpc) is 2.16. The van der Waals surface area contributed by atoms with Crippen LogP contribution in [0.1, 0.15) is 15.9 Å². The number of aromatic carboxylic acids is 1. The normalized spacial score (nSPS) is 8.93. The zero-order valence-electron chi connectivity index (χ0n) is 7.12. The van der Waals surface area contributed by atoms with Crippen LogP contribution in [0, 0.1) is 11.8 Å². The number of carboxylic acid groups (broad SMARTS) is 1. The Morgan fingerprint density at radius 2 is 2.43 bits per heavy atom. The van der Waals surface area contributed by atoms with Crippen LogP contribution in [0.3, 0.4) is 0 Å². The van der Waals surface area contributed by atoms with Crippen LogP contribution in [-0.4, -0.2) is 21.4 Å². The first-order valence-electron chi connectivity index (χ1n) is 3.69. The molecule has 0 atom stereocenters. The number of carbonyl (C=O) groups is 1. The summed E-state index contributed by atoms with van der Waals surface area (Å²) >= 11 is 3.13. The highest BCUT2D eigenvalue weighted by molar-refractivity contribution is 9.09. The van der Waals surface area contributed by atoms with Gasteiger partial charge in [0.2, 0.25) is 0 Å². The van der Waals surface area contributed by atoms with E-state index >= 15 is 0 Å². The molecule has 4 nitrogen and oxygen atoms in total. The van der Waals surface area contributed by atoms with Gasteiger partial charge in [-0.05, 0) is 6.07 Å². The Hall–Kier alpha value is -1.54. The summed E-state index contributed by atoms with van der Waals surface area (Å²) in [6.45, 7) is 0. The molecule has 5 heteroatoms. The highest BCUT2D eigenvalue weighted by Gasteiger charge is 2.05. The summed E-state index contributed by atoms with van der Waals surface area (Å²) < 4.78 is 0. The standard InChI is InChI=1S/C9H7BrN2O2/c10-3-1-2-6-4-7(9(13)14)5-12-8(6)11/h4-5H,3H2,(H2,11,12)(H,13,14). The van der Waals surface area contributed by atoms with Crippen molar-refractivity contribution >= 4 is 27.7 Å². The van der Waals surface area contributed by atoms with Crippen LogP contribution >= 0.6 is 15.9 Å². The largest absolute Gasteiger partial charge is 0.478 e. The van der Waals surface area contributed by atoms with Gasteiger partial charge in [-0.2, -0.15) is 0 Å². The van der Waals surface area contributed by atoms with E-state index in [4.69, 9.17) is 10.8 Å². The van der Waals surface area contributed by atoms with Crippen LogP contribution in [0.4, 0.5) is 5.82 Å². The first-order valence-corrected chi connectivity index (χ1v) is 4.81. The topological polar surface area (TPSA) is 76.2 Å². The van der Waals surface area contributed by atoms with Crippen LogP contribution in [-0.2, 0) is 0 Å². The lowest BCUT2D eigenvalue weighted by Gasteiger charge is -1.98. The molecular formula is C9H7BrN2O2. The predicted octanol–water partition coefficient (Wildman–Crippen LogP) is 1.11. The van der Waals surface area contributed by atoms with Crippen molar-refractivity contribution in [3.63, 3.8) is 0 Å². The van der Waals surface area contributed by atoms with Crippen molar-refractivity contribution in [2.75, 3.05) is 11.1 Å². The van der Waals surface area contributed by atoms with Gasteiger partial charge in [-0.1, -0.05) is 27.8 Å². The van der Waals surface area contributed by atoms with Crippen LogP contribution in [0.5, 0.6) is 0 Å². The number of nitrogen functional groups attached to an aromatic ring is 1. The number of anilines is 1. The molecule has 0 saturated heterocycles. The molecule has 0 radical (unpaired) electrons. The maximum absolute atomic E-state index is 10.6. The molecule has 1 rings (SSSR count). The van der Waals surface area contributed by atoms with Crippen molar-refractivity contribution in [3.05, 3.63) is 23.4 Å². The Kier molecular flexibility index (Phi) is 3.48. The van der Waals surface area contributed by atoms with Crippen LogP contribution < -0.4 is 5.73 Å². The Morgan fingerprint density at radius 1 is 1.71 bits per heavy atom. The number of carboxylic acids is 1. The molecule has 14 heavy (non-hydrogen) atoms. The van der Waals surface area contributed by atoms with Gasteiger partial charge in [0.25, 0.3) is 0 Å². The summed E-state index contributed by atoms with van der Waals surface area (Å²) in [6, 6.07) is 1.40. The van der Waals surface area contributed by atoms with Crippen molar-refractivity contribution in [2.24, 2.45) is 0 Å². The predicted molar refractivity (Wildman–Crippen MR) is 56.3 cm³/mol. The van der Waals surface area contributed by atoms with E-state index in [0.29, 0.717) is 10.9 Å². The van der Waals surface area contributed by atoms with Crippen molar-refractivity contribution in [1.82, 2.24) is 4.98 Å². The fraction of sp³-hybridized carbons (Fsp3) is 0.111. The zero-order chi connectivity index (χ0) is 10.6. The highest BCUT2D eigenvalue weighted by atomic mass is 79.9. The van der Waals surface area contributed by atoms with Crippen LogP contribution in [0.25, 0.3) is 0 Å². The number of halogens is 1. The summed E-state index contributed by atoms with van der Waals surface area (Å²) in [5.41, 5.74) is 6.02.